The second-order valence-corrected chi connectivity index (χ2v) is 9.62. The van der Waals surface area contributed by atoms with Crippen LogP contribution in [0.5, 0.6) is 0 Å². The predicted molar refractivity (Wildman–Crippen MR) is 135 cm³/mol. The molecule has 2 aromatic heterocycles. The highest BCUT2D eigenvalue weighted by Crippen LogP contribution is 2.35. The first-order valence-corrected chi connectivity index (χ1v) is 12.0. The van der Waals surface area contributed by atoms with Gasteiger partial charge in [0.2, 0.25) is 0 Å². The van der Waals surface area contributed by atoms with E-state index in [0.717, 1.165) is 5.56 Å². The van der Waals surface area contributed by atoms with E-state index in [1.807, 2.05) is 29.2 Å². The van der Waals surface area contributed by atoms with Crippen LogP contribution in [0.4, 0.5) is 5.82 Å². The lowest BCUT2D eigenvalue weighted by Gasteiger charge is -2.29. The highest BCUT2D eigenvalue weighted by atomic mass is 35.5. The summed E-state index contributed by atoms with van der Waals surface area (Å²) in [5.74, 6) is 0.293. The van der Waals surface area contributed by atoms with E-state index in [1.165, 1.54) is 21.1 Å². The van der Waals surface area contributed by atoms with Crippen molar-refractivity contribution in [3.8, 4) is 0 Å². The maximum atomic E-state index is 13.4. The number of ether oxygens (including phenoxy) is 1. The fourth-order valence-corrected chi connectivity index (χ4v) is 5.23. The van der Waals surface area contributed by atoms with E-state index in [0.29, 0.717) is 57.6 Å². The van der Waals surface area contributed by atoms with E-state index < -0.39 is 0 Å². The molecule has 2 saturated heterocycles. The third kappa shape index (κ3) is 4.29. The fraction of sp³-hybridized carbons (Fsp3) is 0.217. The number of rotatable bonds is 4. The van der Waals surface area contributed by atoms with Gasteiger partial charge in [0.1, 0.15) is 15.8 Å². The number of nitrogens with zero attached hydrogens (tertiary/aromatic N) is 4. The molecule has 168 valence electrons. The summed E-state index contributed by atoms with van der Waals surface area (Å²) < 4.78 is 7.37. The first kappa shape index (κ1) is 22.1. The van der Waals surface area contributed by atoms with Gasteiger partial charge in [-0.2, -0.15) is 0 Å². The van der Waals surface area contributed by atoms with Crippen molar-refractivity contribution in [2.75, 3.05) is 31.2 Å². The first-order valence-electron chi connectivity index (χ1n) is 10.4. The van der Waals surface area contributed by atoms with Gasteiger partial charge in [0, 0.05) is 24.3 Å². The van der Waals surface area contributed by atoms with Crippen molar-refractivity contribution >= 4 is 63.3 Å². The summed E-state index contributed by atoms with van der Waals surface area (Å²) in [4.78, 5) is 35.3. The number of halogens is 1. The van der Waals surface area contributed by atoms with Gasteiger partial charge >= 0.3 is 0 Å². The molecule has 0 unspecified atom stereocenters. The van der Waals surface area contributed by atoms with Gasteiger partial charge in [-0.05, 0) is 29.8 Å². The molecule has 0 spiro atoms. The van der Waals surface area contributed by atoms with Crippen LogP contribution in [0.25, 0.3) is 11.7 Å². The van der Waals surface area contributed by atoms with Gasteiger partial charge in [-0.1, -0.05) is 59.8 Å². The summed E-state index contributed by atoms with van der Waals surface area (Å²) in [6.07, 6.45) is 3.29. The summed E-state index contributed by atoms with van der Waals surface area (Å²) in [5, 5.41) is 0.571. The molecule has 1 amide bonds. The van der Waals surface area contributed by atoms with E-state index >= 15 is 0 Å². The van der Waals surface area contributed by atoms with Crippen molar-refractivity contribution in [3.63, 3.8) is 0 Å². The molecule has 0 N–H and O–H groups in total. The quantitative estimate of drug-likeness (QED) is 0.402. The number of fused-ring (bicyclic) bond motifs is 1. The Balaban J connectivity index is 1.56. The molecule has 0 bridgehead atoms. The van der Waals surface area contributed by atoms with E-state index in [-0.39, 0.29) is 18.0 Å². The molecule has 2 aliphatic heterocycles. The molecule has 0 aliphatic carbocycles. The highest BCUT2D eigenvalue weighted by molar-refractivity contribution is 8.26. The van der Waals surface area contributed by atoms with E-state index in [9.17, 15) is 9.59 Å². The van der Waals surface area contributed by atoms with E-state index in [1.54, 1.807) is 30.5 Å². The molecule has 7 nitrogen and oxygen atoms in total. The van der Waals surface area contributed by atoms with Gasteiger partial charge < -0.3 is 9.64 Å². The van der Waals surface area contributed by atoms with Crippen LogP contribution in [0.15, 0.2) is 58.4 Å². The molecular formula is C23H19ClN4O3S2. The lowest BCUT2D eigenvalue weighted by Crippen LogP contribution is -2.38. The number of benzene rings is 1. The number of hydrogen-bond donors (Lipinski definition) is 0. The number of amides is 1. The third-order valence-corrected chi connectivity index (χ3v) is 7.24. The Morgan fingerprint density at radius 2 is 1.88 bits per heavy atom. The normalized spacial score (nSPS) is 18.0. The number of carbonyl (C=O) groups excluding carboxylic acids is 1. The van der Waals surface area contributed by atoms with Crippen molar-refractivity contribution in [2.45, 2.75) is 6.54 Å². The highest BCUT2D eigenvalue weighted by Gasteiger charge is 2.33. The molecule has 5 rings (SSSR count). The monoisotopic (exact) mass is 498 g/mol. The van der Waals surface area contributed by atoms with Crippen LogP contribution in [0, 0.1) is 0 Å². The molecule has 10 heteroatoms. The zero-order chi connectivity index (χ0) is 22.9. The van der Waals surface area contributed by atoms with Crippen molar-refractivity contribution in [1.82, 2.24) is 14.3 Å². The second-order valence-electron chi connectivity index (χ2n) is 7.54. The molecule has 0 atom stereocenters. The maximum absolute atomic E-state index is 13.4. The van der Waals surface area contributed by atoms with Crippen LogP contribution in [-0.4, -0.2) is 50.8 Å². The number of aromatic nitrogens is 2. The summed E-state index contributed by atoms with van der Waals surface area (Å²) in [6.45, 7) is 2.60. The minimum atomic E-state index is -0.254. The van der Waals surface area contributed by atoms with Gasteiger partial charge in [0.25, 0.3) is 11.5 Å². The molecule has 1 aromatic carbocycles. The third-order valence-electron chi connectivity index (χ3n) is 5.49. The lowest BCUT2D eigenvalue weighted by atomic mass is 10.2. The predicted octanol–water partition coefficient (Wildman–Crippen LogP) is 3.59. The molecule has 2 fully saturated rings. The smallest absolute Gasteiger partial charge is 0.267 e. The van der Waals surface area contributed by atoms with Gasteiger partial charge in [-0.3, -0.25) is 18.9 Å². The lowest BCUT2D eigenvalue weighted by molar-refractivity contribution is -0.122. The van der Waals surface area contributed by atoms with Gasteiger partial charge in [0.15, 0.2) is 0 Å². The zero-order valence-corrected chi connectivity index (χ0v) is 19.8. The fourth-order valence-electron chi connectivity index (χ4n) is 3.80. The summed E-state index contributed by atoms with van der Waals surface area (Å²) in [6, 6.07) is 12.7. The molecule has 3 aromatic rings. The number of carbonyl (C=O) groups is 1. The van der Waals surface area contributed by atoms with Crippen LogP contribution in [0.1, 0.15) is 11.1 Å². The summed E-state index contributed by atoms with van der Waals surface area (Å²) >= 11 is 12.9. The van der Waals surface area contributed by atoms with E-state index in [4.69, 9.17) is 33.5 Å². The number of pyridine rings is 1. The van der Waals surface area contributed by atoms with Crippen LogP contribution >= 0.6 is 35.6 Å². The Morgan fingerprint density at radius 1 is 1.12 bits per heavy atom. The minimum Gasteiger partial charge on any atom is -0.378 e. The Kier molecular flexibility index (Phi) is 6.20. The Hall–Kier alpha value is -2.72. The Morgan fingerprint density at radius 3 is 2.67 bits per heavy atom. The average molecular weight is 499 g/mol. The zero-order valence-electron chi connectivity index (χ0n) is 17.4. The molecular weight excluding hydrogens is 480 g/mol. The van der Waals surface area contributed by atoms with Gasteiger partial charge in [0.05, 0.1) is 30.2 Å². The Labute approximate surface area is 204 Å². The van der Waals surface area contributed by atoms with Crippen molar-refractivity contribution < 1.29 is 9.53 Å². The Bertz CT molecular complexity index is 1350. The number of hydrogen-bond acceptors (Lipinski definition) is 7. The second kappa shape index (κ2) is 9.26. The van der Waals surface area contributed by atoms with Crippen molar-refractivity contribution in [3.05, 3.63) is 80.1 Å². The summed E-state index contributed by atoms with van der Waals surface area (Å²) in [5.41, 5.74) is 1.47. The van der Waals surface area contributed by atoms with Crippen molar-refractivity contribution in [1.29, 1.82) is 0 Å². The van der Waals surface area contributed by atoms with Crippen LogP contribution in [0.2, 0.25) is 5.02 Å². The molecule has 33 heavy (non-hydrogen) atoms. The van der Waals surface area contributed by atoms with Gasteiger partial charge in [-0.25, -0.2) is 4.98 Å². The number of morpholine rings is 1. The van der Waals surface area contributed by atoms with Crippen LogP contribution in [-0.2, 0) is 16.1 Å². The van der Waals surface area contributed by atoms with Gasteiger partial charge in [-0.15, -0.1) is 0 Å². The van der Waals surface area contributed by atoms with E-state index in [2.05, 4.69) is 0 Å². The maximum Gasteiger partial charge on any atom is 0.267 e. The molecule has 0 radical (unpaired) electrons. The number of thioether (sulfide) groups is 1. The first-order chi connectivity index (χ1) is 16.0. The standard InChI is InChI=1S/C23H19ClN4O3S2/c24-17-6-2-1-5-15(17)14-28-22(30)18(33-23(28)32)13-16-20(26-9-11-31-12-10-26)25-19-7-3-4-8-27(19)21(16)29/h1-8,13H,9-12,14H2/b18-13+. The van der Waals surface area contributed by atoms with Crippen LogP contribution < -0.4 is 10.5 Å². The molecule has 2 aliphatic rings. The molecule has 0 saturated carbocycles. The average Bonchev–Trinajstić information content (AvgIpc) is 3.10. The van der Waals surface area contributed by atoms with Crippen LogP contribution in [0.3, 0.4) is 0 Å². The van der Waals surface area contributed by atoms with Crippen molar-refractivity contribution in [2.24, 2.45) is 0 Å². The topological polar surface area (TPSA) is 67.2 Å². The molecule has 4 heterocycles. The summed E-state index contributed by atoms with van der Waals surface area (Å²) in [7, 11) is 0. The largest absolute Gasteiger partial charge is 0.378 e. The number of thiocarbonyl (C=S) groups is 1. The SMILES string of the molecule is O=C1/C(=C\c2c(N3CCOCC3)nc3ccccn3c2=O)SC(=S)N1Cc1ccccc1Cl. The number of anilines is 1. The minimum absolute atomic E-state index is 0.238.